The quantitative estimate of drug-likeness (QED) is 0.487. The van der Waals surface area contributed by atoms with Crippen LogP contribution in [0.5, 0.6) is 11.5 Å². The fourth-order valence-corrected chi connectivity index (χ4v) is 5.49. The van der Waals surface area contributed by atoms with Gasteiger partial charge in [0, 0.05) is 24.3 Å². The number of nitrogens with one attached hydrogen (secondary N) is 1. The van der Waals surface area contributed by atoms with Crippen molar-refractivity contribution in [2.75, 3.05) is 25.1 Å². The van der Waals surface area contributed by atoms with Gasteiger partial charge >= 0.3 is 0 Å². The summed E-state index contributed by atoms with van der Waals surface area (Å²) in [6.45, 7) is 7.31. The standard InChI is InChI=1S/C27H30N2O5S/c1-4-33-25-13-9-21(17-26(25)34-5-2)27(30)28-23-10-8-20-14-15-29(18-22(20)16-23)35(31,32)24-11-6-19(3)7-12-24/h6-13,16-17H,4-5,14-15,18H2,1-3H3,(H,28,30). The molecule has 3 aromatic rings. The number of nitrogens with zero attached hydrogens (tertiary/aromatic N) is 1. The molecule has 184 valence electrons. The van der Waals surface area contributed by atoms with Gasteiger partial charge < -0.3 is 14.8 Å². The molecule has 1 N–H and O–H groups in total. The largest absolute Gasteiger partial charge is 0.490 e. The molecule has 0 bridgehead atoms. The highest BCUT2D eigenvalue weighted by Crippen LogP contribution is 2.30. The molecule has 7 nitrogen and oxygen atoms in total. The average Bonchev–Trinajstić information content (AvgIpc) is 2.85. The van der Waals surface area contributed by atoms with Gasteiger partial charge in [-0.05, 0) is 80.8 Å². The zero-order valence-corrected chi connectivity index (χ0v) is 21.0. The lowest BCUT2D eigenvalue weighted by molar-refractivity contribution is 0.102. The van der Waals surface area contributed by atoms with Gasteiger partial charge in [-0.25, -0.2) is 8.42 Å². The lowest BCUT2D eigenvalue weighted by Crippen LogP contribution is -2.36. The molecular formula is C27H30N2O5S. The zero-order valence-electron chi connectivity index (χ0n) is 20.2. The van der Waals surface area contributed by atoms with Gasteiger partial charge in [0.25, 0.3) is 5.91 Å². The predicted molar refractivity (Wildman–Crippen MR) is 136 cm³/mol. The lowest BCUT2D eigenvalue weighted by Gasteiger charge is -2.28. The van der Waals surface area contributed by atoms with Crippen molar-refractivity contribution in [1.82, 2.24) is 4.31 Å². The number of fused-ring (bicyclic) bond motifs is 1. The molecule has 1 aliphatic heterocycles. The van der Waals surface area contributed by atoms with Crippen molar-refractivity contribution in [2.24, 2.45) is 0 Å². The first-order valence-electron chi connectivity index (χ1n) is 11.7. The van der Waals surface area contributed by atoms with E-state index in [1.807, 2.05) is 39.0 Å². The molecule has 0 fully saturated rings. The molecule has 0 atom stereocenters. The van der Waals surface area contributed by atoms with E-state index in [1.54, 1.807) is 42.5 Å². The monoisotopic (exact) mass is 494 g/mol. The topological polar surface area (TPSA) is 84.9 Å². The third kappa shape index (κ3) is 5.49. The maximum Gasteiger partial charge on any atom is 0.255 e. The lowest BCUT2D eigenvalue weighted by atomic mass is 10.0. The number of aryl methyl sites for hydroxylation is 1. The minimum absolute atomic E-state index is 0.257. The Hall–Kier alpha value is -3.36. The molecule has 4 rings (SSSR count). The van der Waals surface area contributed by atoms with Gasteiger partial charge in [-0.1, -0.05) is 23.8 Å². The second-order valence-electron chi connectivity index (χ2n) is 8.37. The number of rotatable bonds is 8. The molecular weight excluding hydrogens is 464 g/mol. The fraction of sp³-hybridized carbons (Fsp3) is 0.296. The van der Waals surface area contributed by atoms with E-state index in [2.05, 4.69) is 5.32 Å². The zero-order chi connectivity index (χ0) is 25.0. The van der Waals surface area contributed by atoms with E-state index in [4.69, 9.17) is 9.47 Å². The maximum absolute atomic E-state index is 13.1. The van der Waals surface area contributed by atoms with E-state index in [0.29, 0.717) is 48.9 Å². The maximum atomic E-state index is 13.1. The molecule has 0 aliphatic carbocycles. The van der Waals surface area contributed by atoms with Crippen molar-refractivity contribution in [3.05, 3.63) is 82.9 Å². The van der Waals surface area contributed by atoms with Crippen molar-refractivity contribution in [3.8, 4) is 11.5 Å². The van der Waals surface area contributed by atoms with E-state index in [-0.39, 0.29) is 17.3 Å². The Bertz CT molecular complexity index is 1320. The number of anilines is 1. The van der Waals surface area contributed by atoms with E-state index in [0.717, 1.165) is 16.7 Å². The summed E-state index contributed by atoms with van der Waals surface area (Å²) < 4.78 is 39.0. The minimum Gasteiger partial charge on any atom is -0.490 e. The summed E-state index contributed by atoms with van der Waals surface area (Å²) in [4.78, 5) is 13.2. The summed E-state index contributed by atoms with van der Waals surface area (Å²) >= 11 is 0. The van der Waals surface area contributed by atoms with E-state index >= 15 is 0 Å². The minimum atomic E-state index is -3.60. The third-order valence-corrected chi connectivity index (χ3v) is 7.77. The molecule has 0 radical (unpaired) electrons. The summed E-state index contributed by atoms with van der Waals surface area (Å²) in [6.07, 6.45) is 0.616. The van der Waals surface area contributed by atoms with Crippen LogP contribution in [0.2, 0.25) is 0 Å². The van der Waals surface area contributed by atoms with E-state index < -0.39 is 10.0 Å². The van der Waals surface area contributed by atoms with E-state index in [1.165, 1.54) is 4.31 Å². The Balaban J connectivity index is 1.52. The second-order valence-corrected chi connectivity index (χ2v) is 10.3. The first-order valence-corrected chi connectivity index (χ1v) is 13.2. The van der Waals surface area contributed by atoms with Crippen LogP contribution in [-0.4, -0.2) is 38.4 Å². The Labute approximate surface area is 206 Å². The Morgan fingerprint density at radius 3 is 2.34 bits per heavy atom. The van der Waals surface area contributed by atoms with Crippen molar-refractivity contribution in [2.45, 2.75) is 38.6 Å². The number of amides is 1. The van der Waals surface area contributed by atoms with Crippen molar-refractivity contribution in [3.63, 3.8) is 0 Å². The number of carbonyl (C=O) groups is 1. The number of carbonyl (C=O) groups excluding carboxylic acids is 1. The van der Waals surface area contributed by atoms with Crippen molar-refractivity contribution in [1.29, 1.82) is 0 Å². The highest BCUT2D eigenvalue weighted by molar-refractivity contribution is 7.89. The van der Waals surface area contributed by atoms with Crippen LogP contribution in [0.15, 0.2) is 65.6 Å². The van der Waals surface area contributed by atoms with Gasteiger partial charge in [-0.2, -0.15) is 4.31 Å². The average molecular weight is 495 g/mol. The number of hydrogen-bond donors (Lipinski definition) is 1. The molecule has 0 aromatic heterocycles. The van der Waals surface area contributed by atoms with Crippen LogP contribution in [0.1, 0.15) is 40.9 Å². The summed E-state index contributed by atoms with van der Waals surface area (Å²) in [5.41, 5.74) is 4.02. The SMILES string of the molecule is CCOc1ccc(C(=O)Nc2ccc3c(c2)CN(S(=O)(=O)c2ccc(C)cc2)CC3)cc1OCC. The molecule has 0 spiro atoms. The summed E-state index contributed by atoms with van der Waals surface area (Å²) in [5.74, 6) is 0.827. The van der Waals surface area contributed by atoms with Gasteiger partial charge in [0.05, 0.1) is 18.1 Å². The van der Waals surface area contributed by atoms with Crippen LogP contribution in [-0.2, 0) is 23.0 Å². The molecule has 8 heteroatoms. The highest BCUT2D eigenvalue weighted by atomic mass is 32.2. The number of ether oxygens (including phenoxy) is 2. The first kappa shape index (κ1) is 24.8. The van der Waals surface area contributed by atoms with Gasteiger partial charge in [0.15, 0.2) is 11.5 Å². The molecule has 1 heterocycles. The summed E-state index contributed by atoms with van der Waals surface area (Å²) in [7, 11) is -3.60. The van der Waals surface area contributed by atoms with Crippen molar-refractivity contribution < 1.29 is 22.7 Å². The van der Waals surface area contributed by atoms with Gasteiger partial charge in [-0.3, -0.25) is 4.79 Å². The van der Waals surface area contributed by atoms with Crippen LogP contribution < -0.4 is 14.8 Å². The van der Waals surface area contributed by atoms with Crippen LogP contribution in [0.4, 0.5) is 5.69 Å². The fourth-order valence-electron chi connectivity index (χ4n) is 4.07. The van der Waals surface area contributed by atoms with Crippen LogP contribution >= 0.6 is 0 Å². The summed E-state index contributed by atoms with van der Waals surface area (Å²) in [5, 5.41) is 2.92. The highest BCUT2D eigenvalue weighted by Gasteiger charge is 2.28. The predicted octanol–water partition coefficient (Wildman–Crippen LogP) is 4.79. The van der Waals surface area contributed by atoms with Crippen LogP contribution in [0.3, 0.4) is 0 Å². The number of benzene rings is 3. The van der Waals surface area contributed by atoms with Crippen LogP contribution in [0, 0.1) is 6.92 Å². The Morgan fingerprint density at radius 1 is 0.914 bits per heavy atom. The van der Waals surface area contributed by atoms with Gasteiger partial charge in [-0.15, -0.1) is 0 Å². The normalized spacial score (nSPS) is 13.7. The van der Waals surface area contributed by atoms with Gasteiger partial charge in [0.1, 0.15) is 0 Å². The van der Waals surface area contributed by atoms with E-state index in [9.17, 15) is 13.2 Å². The smallest absolute Gasteiger partial charge is 0.255 e. The molecule has 1 amide bonds. The van der Waals surface area contributed by atoms with Gasteiger partial charge in [0.2, 0.25) is 10.0 Å². The van der Waals surface area contributed by atoms with Crippen molar-refractivity contribution >= 4 is 21.6 Å². The molecule has 0 unspecified atom stereocenters. The molecule has 3 aromatic carbocycles. The molecule has 0 saturated carbocycles. The molecule has 1 aliphatic rings. The second kappa shape index (κ2) is 10.5. The Kier molecular flexibility index (Phi) is 7.42. The number of hydrogen-bond acceptors (Lipinski definition) is 5. The third-order valence-electron chi connectivity index (χ3n) is 5.91. The summed E-state index contributed by atoms with van der Waals surface area (Å²) in [6, 6.07) is 17.6. The Morgan fingerprint density at radius 2 is 1.63 bits per heavy atom. The molecule has 35 heavy (non-hydrogen) atoms. The number of sulfonamides is 1. The van der Waals surface area contributed by atoms with Crippen LogP contribution in [0.25, 0.3) is 0 Å². The molecule has 0 saturated heterocycles. The first-order chi connectivity index (χ1) is 16.8.